The molecule has 29 heavy (non-hydrogen) atoms. The van der Waals surface area contributed by atoms with Crippen molar-refractivity contribution in [2.75, 3.05) is 18.4 Å². The number of hydrogen-bond donors (Lipinski definition) is 1. The number of para-hydroxylation sites is 1. The third-order valence-corrected chi connectivity index (χ3v) is 5.17. The molecule has 2 aromatic rings. The smallest absolute Gasteiger partial charge is 0.338 e. The zero-order chi connectivity index (χ0) is 21.0. The van der Waals surface area contributed by atoms with Gasteiger partial charge < -0.3 is 10.2 Å². The van der Waals surface area contributed by atoms with E-state index in [2.05, 4.69) is 5.32 Å². The Hall–Kier alpha value is -2.83. The Bertz CT molecular complexity index is 896. The Kier molecular flexibility index (Phi) is 6.25. The third-order valence-electron chi connectivity index (χ3n) is 5.17. The zero-order valence-corrected chi connectivity index (χ0v) is 16.1. The van der Waals surface area contributed by atoms with Crippen molar-refractivity contribution in [2.45, 2.75) is 32.4 Å². The summed E-state index contributed by atoms with van der Waals surface area (Å²) in [7, 11) is 0. The lowest BCUT2D eigenvalue weighted by Gasteiger charge is -2.32. The molecule has 2 amide bonds. The van der Waals surface area contributed by atoms with Crippen molar-refractivity contribution in [3.8, 4) is 0 Å². The molecular formula is C22H23F3N2O2. The number of amides is 2. The first kappa shape index (κ1) is 20.9. The monoisotopic (exact) mass is 404 g/mol. The van der Waals surface area contributed by atoms with E-state index in [1.165, 1.54) is 17.0 Å². The van der Waals surface area contributed by atoms with Gasteiger partial charge >= 0.3 is 6.18 Å². The summed E-state index contributed by atoms with van der Waals surface area (Å²) < 4.78 is 38.8. The van der Waals surface area contributed by atoms with Gasteiger partial charge in [0.05, 0.1) is 11.5 Å². The number of anilines is 1. The van der Waals surface area contributed by atoms with Crippen molar-refractivity contribution < 1.29 is 22.8 Å². The van der Waals surface area contributed by atoms with Crippen LogP contribution in [-0.4, -0.2) is 29.8 Å². The van der Waals surface area contributed by atoms with Crippen molar-refractivity contribution >= 4 is 17.5 Å². The summed E-state index contributed by atoms with van der Waals surface area (Å²) in [6.45, 7) is 2.61. The van der Waals surface area contributed by atoms with Gasteiger partial charge in [-0.25, -0.2) is 0 Å². The van der Waals surface area contributed by atoms with Gasteiger partial charge in [0.2, 0.25) is 5.91 Å². The molecule has 0 spiro atoms. The molecule has 1 N–H and O–H groups in total. The normalized spacial score (nSPS) is 17.1. The number of rotatable bonds is 4. The number of hydrogen-bond acceptors (Lipinski definition) is 2. The van der Waals surface area contributed by atoms with Gasteiger partial charge in [-0.3, -0.25) is 9.59 Å². The third kappa shape index (κ3) is 4.96. The van der Waals surface area contributed by atoms with Crippen LogP contribution in [0.1, 0.15) is 41.3 Å². The highest BCUT2D eigenvalue weighted by molar-refractivity contribution is 5.96. The molecule has 1 saturated heterocycles. The lowest BCUT2D eigenvalue weighted by molar-refractivity contribution is -0.137. The summed E-state index contributed by atoms with van der Waals surface area (Å²) in [5, 5.41) is 2.93. The number of aryl methyl sites for hydroxylation is 1. The molecule has 1 aliphatic heterocycles. The number of carbonyl (C=O) groups excluding carboxylic acids is 2. The molecule has 3 rings (SSSR count). The fraction of sp³-hybridized carbons (Fsp3) is 0.364. The van der Waals surface area contributed by atoms with E-state index in [9.17, 15) is 22.8 Å². The highest BCUT2D eigenvalue weighted by Gasteiger charge is 2.33. The second-order valence-corrected chi connectivity index (χ2v) is 7.17. The predicted molar refractivity (Wildman–Crippen MR) is 105 cm³/mol. The number of benzene rings is 2. The molecule has 2 aromatic carbocycles. The van der Waals surface area contributed by atoms with Gasteiger partial charge in [0.15, 0.2) is 0 Å². The fourth-order valence-electron chi connectivity index (χ4n) is 3.57. The number of alkyl halides is 3. The summed E-state index contributed by atoms with van der Waals surface area (Å²) >= 11 is 0. The average Bonchev–Trinajstić information content (AvgIpc) is 2.73. The van der Waals surface area contributed by atoms with Gasteiger partial charge in [0.1, 0.15) is 0 Å². The number of carbonyl (C=O) groups is 2. The quantitative estimate of drug-likeness (QED) is 0.799. The number of halogens is 3. The van der Waals surface area contributed by atoms with Crippen LogP contribution in [0, 0.1) is 5.92 Å². The van der Waals surface area contributed by atoms with Crippen molar-refractivity contribution in [1.29, 1.82) is 0 Å². The molecule has 4 nitrogen and oxygen atoms in total. The molecule has 0 aromatic heterocycles. The number of likely N-dealkylation sites (tertiary alicyclic amines) is 1. The van der Waals surface area contributed by atoms with Crippen molar-refractivity contribution in [2.24, 2.45) is 5.92 Å². The average molecular weight is 404 g/mol. The SMILES string of the molecule is CCc1ccccc1NC(=O)[C@@H]1CCCN(C(=O)c2cccc(C(F)(F)F)c2)C1. The van der Waals surface area contributed by atoms with Crippen LogP contribution in [0.4, 0.5) is 18.9 Å². The first-order valence-corrected chi connectivity index (χ1v) is 9.65. The Morgan fingerprint density at radius 1 is 1.14 bits per heavy atom. The maximum absolute atomic E-state index is 12.9. The highest BCUT2D eigenvalue weighted by Crippen LogP contribution is 2.30. The maximum Gasteiger partial charge on any atom is 0.416 e. The zero-order valence-electron chi connectivity index (χ0n) is 16.1. The standard InChI is InChI=1S/C22H23F3N2O2/c1-2-15-7-3-4-11-19(15)26-20(28)17-9-6-12-27(14-17)21(29)16-8-5-10-18(13-16)22(23,24)25/h3-5,7-8,10-11,13,17H,2,6,9,12,14H2,1H3,(H,26,28)/t17-/m1/s1. The first-order valence-electron chi connectivity index (χ1n) is 9.65. The molecule has 0 saturated carbocycles. The Balaban J connectivity index is 1.70. The summed E-state index contributed by atoms with van der Waals surface area (Å²) in [4.78, 5) is 26.9. The summed E-state index contributed by atoms with van der Waals surface area (Å²) in [5.74, 6) is -1.06. The Morgan fingerprint density at radius 2 is 1.90 bits per heavy atom. The molecule has 0 radical (unpaired) electrons. The molecule has 0 bridgehead atoms. The number of nitrogens with one attached hydrogen (secondary N) is 1. The van der Waals surface area contributed by atoms with Gasteiger partial charge in [-0.05, 0) is 49.1 Å². The van der Waals surface area contributed by atoms with E-state index in [0.717, 1.165) is 29.8 Å². The number of nitrogens with zero attached hydrogens (tertiary/aromatic N) is 1. The fourth-order valence-corrected chi connectivity index (χ4v) is 3.57. The van der Waals surface area contributed by atoms with E-state index in [0.29, 0.717) is 19.4 Å². The largest absolute Gasteiger partial charge is 0.416 e. The Morgan fingerprint density at radius 3 is 2.62 bits per heavy atom. The van der Waals surface area contributed by atoms with E-state index in [-0.39, 0.29) is 18.0 Å². The van der Waals surface area contributed by atoms with Crippen LogP contribution in [0.3, 0.4) is 0 Å². The second-order valence-electron chi connectivity index (χ2n) is 7.17. The summed E-state index contributed by atoms with van der Waals surface area (Å²) in [6.07, 6.45) is -2.47. The van der Waals surface area contributed by atoms with Gasteiger partial charge in [-0.2, -0.15) is 13.2 Å². The minimum absolute atomic E-state index is 0.0165. The van der Waals surface area contributed by atoms with E-state index in [1.54, 1.807) is 0 Å². The molecule has 1 fully saturated rings. The lowest BCUT2D eigenvalue weighted by Crippen LogP contribution is -2.43. The molecule has 1 heterocycles. The first-order chi connectivity index (χ1) is 13.8. The molecule has 0 unspecified atom stereocenters. The second kappa shape index (κ2) is 8.68. The molecular weight excluding hydrogens is 381 g/mol. The number of piperidine rings is 1. The molecule has 1 atom stereocenters. The van der Waals surface area contributed by atoms with E-state index in [4.69, 9.17) is 0 Å². The topological polar surface area (TPSA) is 49.4 Å². The lowest BCUT2D eigenvalue weighted by atomic mass is 9.96. The predicted octanol–water partition coefficient (Wildman–Crippen LogP) is 4.76. The summed E-state index contributed by atoms with van der Waals surface area (Å²) in [5.41, 5.74) is 0.901. The van der Waals surface area contributed by atoms with Gasteiger partial charge in [0, 0.05) is 24.3 Å². The van der Waals surface area contributed by atoms with Crippen LogP contribution < -0.4 is 5.32 Å². The molecule has 0 aliphatic carbocycles. The van der Waals surface area contributed by atoms with Crippen LogP contribution in [-0.2, 0) is 17.4 Å². The summed E-state index contributed by atoms with van der Waals surface area (Å²) in [6, 6.07) is 11.9. The minimum Gasteiger partial charge on any atom is -0.338 e. The van der Waals surface area contributed by atoms with E-state index in [1.807, 2.05) is 31.2 Å². The maximum atomic E-state index is 12.9. The van der Waals surface area contributed by atoms with Crippen LogP contribution in [0.2, 0.25) is 0 Å². The van der Waals surface area contributed by atoms with Gasteiger partial charge in [-0.15, -0.1) is 0 Å². The molecule has 1 aliphatic rings. The van der Waals surface area contributed by atoms with Gasteiger partial charge in [0.25, 0.3) is 5.91 Å². The molecule has 7 heteroatoms. The van der Waals surface area contributed by atoms with Crippen molar-refractivity contribution in [1.82, 2.24) is 4.90 Å². The van der Waals surface area contributed by atoms with Crippen LogP contribution in [0.5, 0.6) is 0 Å². The van der Waals surface area contributed by atoms with Crippen molar-refractivity contribution in [3.05, 3.63) is 65.2 Å². The van der Waals surface area contributed by atoms with E-state index >= 15 is 0 Å². The van der Waals surface area contributed by atoms with Crippen molar-refractivity contribution in [3.63, 3.8) is 0 Å². The van der Waals surface area contributed by atoms with Crippen LogP contribution >= 0.6 is 0 Å². The molecule has 154 valence electrons. The van der Waals surface area contributed by atoms with Crippen LogP contribution in [0.25, 0.3) is 0 Å². The minimum atomic E-state index is -4.51. The van der Waals surface area contributed by atoms with Gasteiger partial charge in [-0.1, -0.05) is 31.2 Å². The van der Waals surface area contributed by atoms with E-state index < -0.39 is 23.6 Å². The van der Waals surface area contributed by atoms with Crippen LogP contribution in [0.15, 0.2) is 48.5 Å². The highest BCUT2D eigenvalue weighted by atomic mass is 19.4. The Labute approximate surface area is 167 Å².